The second-order valence-corrected chi connectivity index (χ2v) is 8.88. The van der Waals surface area contributed by atoms with Crippen LogP contribution in [0.1, 0.15) is 24.3 Å². The van der Waals surface area contributed by atoms with Gasteiger partial charge in [0.25, 0.3) is 11.5 Å². The Labute approximate surface area is 190 Å². The first-order valence-corrected chi connectivity index (χ1v) is 11.5. The van der Waals surface area contributed by atoms with Crippen molar-refractivity contribution in [3.05, 3.63) is 76.5 Å². The van der Waals surface area contributed by atoms with Gasteiger partial charge in [-0.3, -0.25) is 9.59 Å². The van der Waals surface area contributed by atoms with Gasteiger partial charge in [0.05, 0.1) is 10.6 Å². The topological polar surface area (TPSA) is 111 Å². The Morgan fingerprint density at radius 2 is 1.76 bits per heavy atom. The first-order chi connectivity index (χ1) is 15.6. The molecule has 1 heterocycles. The van der Waals surface area contributed by atoms with Crippen molar-refractivity contribution in [3.63, 3.8) is 0 Å². The number of rotatable bonds is 8. The Hall–Kier alpha value is -3.57. The minimum Gasteiger partial charge on any atom is -0.455 e. The normalized spacial score (nSPS) is 11.4. The summed E-state index contributed by atoms with van der Waals surface area (Å²) in [5, 5.41) is 6.50. The number of benzene rings is 2. The molecule has 2 aromatic carbocycles. The van der Waals surface area contributed by atoms with E-state index in [0.717, 1.165) is 4.68 Å². The predicted octanol–water partition coefficient (Wildman–Crippen LogP) is 2.99. The lowest BCUT2D eigenvalue weighted by Crippen LogP contribution is -2.30. The molecule has 0 spiro atoms. The Kier molecular flexibility index (Phi) is 7.24. The molecule has 0 saturated carbocycles. The number of sulfonamides is 1. The summed E-state index contributed by atoms with van der Waals surface area (Å²) >= 11 is 0. The van der Waals surface area contributed by atoms with Crippen molar-refractivity contribution < 1.29 is 22.3 Å². The molecule has 3 rings (SSSR count). The molecule has 174 valence electrons. The van der Waals surface area contributed by atoms with Crippen LogP contribution < -0.4 is 15.6 Å². The first kappa shape index (κ1) is 24.1. The fraction of sp³-hybridized carbons (Fsp3) is 0.227. The lowest BCUT2D eigenvalue weighted by atomic mass is 10.2. The predicted molar refractivity (Wildman–Crippen MR) is 120 cm³/mol. The fourth-order valence-corrected chi connectivity index (χ4v) is 4.49. The quantitative estimate of drug-likeness (QED) is 0.537. The number of hydrogen-bond acceptors (Lipinski definition) is 6. The summed E-state index contributed by atoms with van der Waals surface area (Å²) in [7, 11) is -2.41. The monoisotopic (exact) mass is 474 g/mol. The molecular formula is C22H23FN4O5S. The standard InChI is InChI=1S/C22H23FN4O5S/c1-4-27(5-2)33(30,31)17-10-12-20(32-16-8-6-15(23)7-9-16)19(14-17)24-22(29)18-11-13-21(28)26(3)25-18/h6-14H,4-5H2,1-3H3,(H,24,29). The van der Waals surface area contributed by atoms with E-state index in [4.69, 9.17) is 4.74 Å². The molecule has 1 N–H and O–H groups in total. The van der Waals surface area contributed by atoms with Gasteiger partial charge in [0, 0.05) is 26.2 Å². The molecule has 33 heavy (non-hydrogen) atoms. The SMILES string of the molecule is CCN(CC)S(=O)(=O)c1ccc(Oc2ccc(F)cc2)c(NC(=O)c2ccc(=O)n(C)n2)c1. The van der Waals surface area contributed by atoms with Gasteiger partial charge in [-0.05, 0) is 48.5 Å². The average Bonchev–Trinajstić information content (AvgIpc) is 2.78. The summed E-state index contributed by atoms with van der Waals surface area (Å²) in [6.45, 7) is 3.99. The fourth-order valence-electron chi connectivity index (χ4n) is 3.01. The van der Waals surface area contributed by atoms with Crippen LogP contribution in [-0.2, 0) is 17.1 Å². The number of anilines is 1. The zero-order chi connectivity index (χ0) is 24.2. The van der Waals surface area contributed by atoms with Crippen molar-refractivity contribution in [2.24, 2.45) is 7.05 Å². The van der Waals surface area contributed by atoms with E-state index in [0.29, 0.717) is 0 Å². The van der Waals surface area contributed by atoms with Crippen molar-refractivity contribution in [2.45, 2.75) is 18.7 Å². The Morgan fingerprint density at radius 3 is 2.36 bits per heavy atom. The first-order valence-electron chi connectivity index (χ1n) is 10.1. The van der Waals surface area contributed by atoms with E-state index in [9.17, 15) is 22.4 Å². The zero-order valence-corrected chi connectivity index (χ0v) is 19.1. The number of hydrogen-bond donors (Lipinski definition) is 1. The number of aromatic nitrogens is 2. The Bertz CT molecular complexity index is 1320. The molecule has 0 aliphatic heterocycles. The maximum Gasteiger partial charge on any atom is 0.276 e. The summed E-state index contributed by atoms with van der Waals surface area (Å²) in [4.78, 5) is 24.3. The molecule has 0 unspecified atom stereocenters. The van der Waals surface area contributed by atoms with Gasteiger partial charge >= 0.3 is 0 Å². The second kappa shape index (κ2) is 9.92. The summed E-state index contributed by atoms with van der Waals surface area (Å²) in [5.41, 5.74) is -0.380. The van der Waals surface area contributed by atoms with Gasteiger partial charge in [-0.2, -0.15) is 9.40 Å². The number of carbonyl (C=O) groups excluding carboxylic acids is 1. The average molecular weight is 475 g/mol. The molecule has 11 heteroatoms. The van der Waals surface area contributed by atoms with Crippen molar-refractivity contribution in [3.8, 4) is 11.5 Å². The molecule has 1 amide bonds. The van der Waals surface area contributed by atoms with E-state index in [2.05, 4.69) is 10.4 Å². The van der Waals surface area contributed by atoms with Crippen LogP contribution in [0.15, 0.2) is 64.3 Å². The molecule has 0 bridgehead atoms. The molecule has 0 atom stereocenters. The van der Waals surface area contributed by atoms with Gasteiger partial charge in [-0.15, -0.1) is 0 Å². The summed E-state index contributed by atoms with van der Waals surface area (Å²) < 4.78 is 47.2. The molecule has 9 nitrogen and oxygen atoms in total. The summed E-state index contributed by atoms with van der Waals surface area (Å²) in [5.74, 6) is -0.700. The molecule has 1 aromatic heterocycles. The van der Waals surface area contributed by atoms with Gasteiger partial charge in [0.15, 0.2) is 5.75 Å². The van der Waals surface area contributed by atoms with E-state index in [1.54, 1.807) is 13.8 Å². The van der Waals surface area contributed by atoms with E-state index < -0.39 is 21.7 Å². The molecule has 0 fully saturated rings. The third kappa shape index (κ3) is 5.44. The molecule has 0 saturated heterocycles. The number of halogens is 1. The highest BCUT2D eigenvalue weighted by Gasteiger charge is 2.24. The van der Waals surface area contributed by atoms with Gasteiger partial charge in [-0.25, -0.2) is 17.5 Å². The molecule has 3 aromatic rings. The highest BCUT2D eigenvalue weighted by atomic mass is 32.2. The number of aryl methyl sites for hydroxylation is 1. The number of nitrogens with one attached hydrogen (secondary N) is 1. The van der Waals surface area contributed by atoms with Crippen LogP contribution in [0.3, 0.4) is 0 Å². The van der Waals surface area contributed by atoms with Crippen LogP contribution in [-0.4, -0.2) is 41.5 Å². The number of ether oxygens (including phenoxy) is 1. The van der Waals surface area contributed by atoms with Crippen molar-refractivity contribution in [1.29, 1.82) is 0 Å². The van der Waals surface area contributed by atoms with E-state index in [-0.39, 0.29) is 46.4 Å². The maximum absolute atomic E-state index is 13.2. The van der Waals surface area contributed by atoms with Crippen LogP contribution in [0.25, 0.3) is 0 Å². The second-order valence-electron chi connectivity index (χ2n) is 6.94. The van der Waals surface area contributed by atoms with Crippen molar-refractivity contribution in [1.82, 2.24) is 14.1 Å². The minimum atomic E-state index is -3.82. The van der Waals surface area contributed by atoms with Crippen molar-refractivity contribution >= 4 is 21.6 Å². The lowest BCUT2D eigenvalue weighted by molar-refractivity contribution is 0.101. The molecule has 0 aliphatic rings. The summed E-state index contributed by atoms with van der Waals surface area (Å²) in [6, 6.07) is 11.7. The number of carbonyl (C=O) groups is 1. The lowest BCUT2D eigenvalue weighted by Gasteiger charge is -2.20. The van der Waals surface area contributed by atoms with E-state index in [1.807, 2.05) is 0 Å². The van der Waals surface area contributed by atoms with Crippen LogP contribution >= 0.6 is 0 Å². The number of nitrogens with zero attached hydrogens (tertiary/aromatic N) is 3. The number of amides is 1. The highest BCUT2D eigenvalue weighted by molar-refractivity contribution is 7.89. The zero-order valence-electron chi connectivity index (χ0n) is 18.3. The molecule has 0 aliphatic carbocycles. The third-order valence-corrected chi connectivity index (χ3v) is 6.82. The Morgan fingerprint density at radius 1 is 1.09 bits per heavy atom. The van der Waals surface area contributed by atoms with Gasteiger partial charge in [0.1, 0.15) is 17.3 Å². The van der Waals surface area contributed by atoms with Crippen LogP contribution in [0.5, 0.6) is 11.5 Å². The van der Waals surface area contributed by atoms with E-state index in [1.165, 1.54) is 66.0 Å². The Balaban J connectivity index is 2.03. The van der Waals surface area contributed by atoms with Crippen LogP contribution in [0.4, 0.5) is 10.1 Å². The minimum absolute atomic E-state index is 0.0404. The van der Waals surface area contributed by atoms with Crippen LogP contribution in [0, 0.1) is 5.82 Å². The molecule has 0 radical (unpaired) electrons. The maximum atomic E-state index is 13.2. The largest absolute Gasteiger partial charge is 0.455 e. The van der Waals surface area contributed by atoms with Crippen LogP contribution in [0.2, 0.25) is 0 Å². The third-order valence-electron chi connectivity index (χ3n) is 4.78. The summed E-state index contributed by atoms with van der Waals surface area (Å²) in [6.07, 6.45) is 0. The molecular weight excluding hydrogens is 451 g/mol. The van der Waals surface area contributed by atoms with Gasteiger partial charge in [-0.1, -0.05) is 13.8 Å². The van der Waals surface area contributed by atoms with Gasteiger partial charge in [0.2, 0.25) is 10.0 Å². The van der Waals surface area contributed by atoms with Gasteiger partial charge < -0.3 is 10.1 Å². The van der Waals surface area contributed by atoms with E-state index >= 15 is 0 Å². The smallest absolute Gasteiger partial charge is 0.276 e. The highest BCUT2D eigenvalue weighted by Crippen LogP contribution is 2.33. The van der Waals surface area contributed by atoms with Crippen molar-refractivity contribution in [2.75, 3.05) is 18.4 Å².